The SMILES string of the molecule is CC(C)(C)C(O)CN1CCC(N2CCCCC2)CC1. The molecule has 2 saturated heterocycles. The molecule has 0 spiro atoms. The van der Waals surface area contributed by atoms with Crippen molar-refractivity contribution < 1.29 is 5.11 Å². The fraction of sp³-hybridized carbons (Fsp3) is 1.00. The summed E-state index contributed by atoms with van der Waals surface area (Å²) in [5.74, 6) is 0. The van der Waals surface area contributed by atoms with Crippen LogP contribution < -0.4 is 0 Å². The first kappa shape index (κ1) is 15.3. The van der Waals surface area contributed by atoms with E-state index >= 15 is 0 Å². The lowest BCUT2D eigenvalue weighted by Gasteiger charge is -2.41. The Bertz CT molecular complexity index is 260. The third kappa shape index (κ3) is 4.44. The zero-order chi connectivity index (χ0) is 13.9. The standard InChI is InChI=1S/C16H32N2O/c1-16(2,3)15(19)13-17-11-7-14(8-12-17)18-9-5-4-6-10-18/h14-15,19H,4-13H2,1-3H3. The van der Waals surface area contributed by atoms with Gasteiger partial charge in [-0.3, -0.25) is 0 Å². The van der Waals surface area contributed by atoms with Crippen LogP contribution in [-0.4, -0.2) is 59.8 Å². The predicted octanol–water partition coefficient (Wildman–Crippen LogP) is 2.34. The van der Waals surface area contributed by atoms with Gasteiger partial charge in [-0.25, -0.2) is 0 Å². The number of nitrogens with zero attached hydrogens (tertiary/aromatic N) is 2. The quantitative estimate of drug-likeness (QED) is 0.851. The normalized spacial score (nSPS) is 26.5. The average molecular weight is 268 g/mol. The largest absolute Gasteiger partial charge is 0.391 e. The average Bonchev–Trinajstić information content (AvgIpc) is 2.39. The second-order valence-electron chi connectivity index (χ2n) is 7.51. The minimum Gasteiger partial charge on any atom is -0.391 e. The van der Waals surface area contributed by atoms with Crippen LogP contribution in [-0.2, 0) is 0 Å². The van der Waals surface area contributed by atoms with E-state index in [1.807, 2.05) is 0 Å². The van der Waals surface area contributed by atoms with Gasteiger partial charge in [0.1, 0.15) is 0 Å². The highest BCUT2D eigenvalue weighted by Gasteiger charge is 2.29. The number of likely N-dealkylation sites (tertiary alicyclic amines) is 2. The van der Waals surface area contributed by atoms with Gasteiger partial charge in [-0.1, -0.05) is 27.2 Å². The van der Waals surface area contributed by atoms with E-state index < -0.39 is 0 Å². The smallest absolute Gasteiger partial charge is 0.0715 e. The van der Waals surface area contributed by atoms with Gasteiger partial charge in [0.25, 0.3) is 0 Å². The predicted molar refractivity (Wildman–Crippen MR) is 80.3 cm³/mol. The number of aliphatic hydroxyl groups is 1. The molecule has 2 aliphatic heterocycles. The van der Waals surface area contributed by atoms with Gasteiger partial charge in [0, 0.05) is 12.6 Å². The van der Waals surface area contributed by atoms with Crippen LogP contribution in [0.5, 0.6) is 0 Å². The molecule has 0 aromatic heterocycles. The van der Waals surface area contributed by atoms with Crippen molar-refractivity contribution in [2.75, 3.05) is 32.7 Å². The van der Waals surface area contributed by atoms with E-state index in [0.29, 0.717) is 0 Å². The molecule has 3 heteroatoms. The van der Waals surface area contributed by atoms with E-state index in [1.54, 1.807) is 0 Å². The first-order valence-electron chi connectivity index (χ1n) is 8.11. The van der Waals surface area contributed by atoms with Crippen LogP contribution in [0.15, 0.2) is 0 Å². The molecule has 2 fully saturated rings. The molecule has 2 rings (SSSR count). The summed E-state index contributed by atoms with van der Waals surface area (Å²) in [7, 11) is 0. The van der Waals surface area contributed by atoms with Crippen molar-refractivity contribution in [3.8, 4) is 0 Å². The lowest BCUT2D eigenvalue weighted by atomic mass is 9.88. The molecule has 0 amide bonds. The summed E-state index contributed by atoms with van der Waals surface area (Å²) in [4.78, 5) is 5.16. The maximum absolute atomic E-state index is 10.2. The van der Waals surface area contributed by atoms with Crippen molar-refractivity contribution in [2.24, 2.45) is 5.41 Å². The van der Waals surface area contributed by atoms with E-state index in [4.69, 9.17) is 0 Å². The van der Waals surface area contributed by atoms with Crippen molar-refractivity contribution in [1.29, 1.82) is 0 Å². The minimum absolute atomic E-state index is 0.00369. The Kier molecular flexibility index (Phi) is 5.27. The molecule has 0 bridgehead atoms. The zero-order valence-corrected chi connectivity index (χ0v) is 13.1. The second kappa shape index (κ2) is 6.55. The molecular formula is C16H32N2O. The molecule has 1 unspecified atom stereocenters. The lowest BCUT2D eigenvalue weighted by molar-refractivity contribution is 0.0114. The van der Waals surface area contributed by atoms with Gasteiger partial charge in [0.2, 0.25) is 0 Å². The molecule has 2 aliphatic rings. The van der Waals surface area contributed by atoms with Crippen LogP contribution >= 0.6 is 0 Å². The van der Waals surface area contributed by atoms with Gasteiger partial charge in [-0.05, 0) is 57.3 Å². The van der Waals surface area contributed by atoms with Gasteiger partial charge in [0.15, 0.2) is 0 Å². The Morgan fingerprint density at radius 2 is 1.58 bits per heavy atom. The number of piperidine rings is 2. The van der Waals surface area contributed by atoms with E-state index in [0.717, 1.165) is 25.7 Å². The molecule has 19 heavy (non-hydrogen) atoms. The molecule has 0 aromatic carbocycles. The van der Waals surface area contributed by atoms with Crippen molar-refractivity contribution in [3.05, 3.63) is 0 Å². The van der Waals surface area contributed by atoms with E-state index in [2.05, 4.69) is 30.6 Å². The summed E-state index contributed by atoms with van der Waals surface area (Å²) in [6.45, 7) is 12.2. The first-order valence-corrected chi connectivity index (χ1v) is 8.11. The highest BCUT2D eigenvalue weighted by atomic mass is 16.3. The van der Waals surface area contributed by atoms with Crippen molar-refractivity contribution >= 4 is 0 Å². The monoisotopic (exact) mass is 268 g/mol. The van der Waals surface area contributed by atoms with Gasteiger partial charge in [-0.2, -0.15) is 0 Å². The minimum atomic E-state index is -0.209. The van der Waals surface area contributed by atoms with E-state index in [9.17, 15) is 5.11 Å². The van der Waals surface area contributed by atoms with Crippen LogP contribution in [0, 0.1) is 5.41 Å². The van der Waals surface area contributed by atoms with Crippen LogP contribution in [0.4, 0.5) is 0 Å². The van der Waals surface area contributed by atoms with Crippen molar-refractivity contribution in [2.45, 2.75) is 65.0 Å². The molecule has 0 aromatic rings. The summed E-state index contributed by atoms with van der Waals surface area (Å²) < 4.78 is 0. The van der Waals surface area contributed by atoms with Gasteiger partial charge in [-0.15, -0.1) is 0 Å². The van der Waals surface area contributed by atoms with Crippen LogP contribution in [0.2, 0.25) is 0 Å². The fourth-order valence-electron chi connectivity index (χ4n) is 3.27. The molecule has 1 N–H and O–H groups in total. The third-order valence-corrected chi connectivity index (χ3v) is 4.89. The van der Waals surface area contributed by atoms with E-state index in [1.165, 1.54) is 45.2 Å². The summed E-state index contributed by atoms with van der Waals surface area (Å²) in [5.41, 5.74) is 0.00369. The molecule has 1 atom stereocenters. The van der Waals surface area contributed by atoms with Gasteiger partial charge in [0.05, 0.1) is 6.10 Å². The molecule has 0 radical (unpaired) electrons. The maximum Gasteiger partial charge on any atom is 0.0715 e. The van der Waals surface area contributed by atoms with Gasteiger partial charge < -0.3 is 14.9 Å². The fourth-order valence-corrected chi connectivity index (χ4v) is 3.27. The Morgan fingerprint density at radius 1 is 1.00 bits per heavy atom. The van der Waals surface area contributed by atoms with Crippen LogP contribution in [0.1, 0.15) is 52.9 Å². The first-order chi connectivity index (χ1) is 8.97. The highest BCUT2D eigenvalue weighted by Crippen LogP contribution is 2.24. The summed E-state index contributed by atoms with van der Waals surface area (Å²) in [6, 6.07) is 0.809. The van der Waals surface area contributed by atoms with Crippen LogP contribution in [0.25, 0.3) is 0 Å². The Morgan fingerprint density at radius 3 is 2.11 bits per heavy atom. The highest BCUT2D eigenvalue weighted by molar-refractivity contribution is 4.84. The topological polar surface area (TPSA) is 26.7 Å². The Balaban J connectivity index is 1.73. The molecule has 2 heterocycles. The lowest BCUT2D eigenvalue weighted by Crippen LogP contribution is -2.49. The zero-order valence-electron chi connectivity index (χ0n) is 13.1. The molecular weight excluding hydrogens is 236 g/mol. The van der Waals surface area contributed by atoms with E-state index in [-0.39, 0.29) is 11.5 Å². The number of β-amino-alcohol motifs (C(OH)–C–C–N with tert-alkyl or cyclic N) is 1. The number of hydrogen-bond acceptors (Lipinski definition) is 3. The second-order valence-corrected chi connectivity index (χ2v) is 7.51. The Hall–Kier alpha value is -0.120. The summed E-state index contributed by atoms with van der Waals surface area (Å²) >= 11 is 0. The molecule has 0 saturated carbocycles. The molecule has 112 valence electrons. The number of aliphatic hydroxyl groups excluding tert-OH is 1. The number of hydrogen-bond donors (Lipinski definition) is 1. The maximum atomic E-state index is 10.2. The third-order valence-electron chi connectivity index (χ3n) is 4.89. The van der Waals surface area contributed by atoms with Crippen LogP contribution in [0.3, 0.4) is 0 Å². The van der Waals surface area contributed by atoms with Crippen molar-refractivity contribution in [3.63, 3.8) is 0 Å². The summed E-state index contributed by atoms with van der Waals surface area (Å²) in [5, 5.41) is 10.2. The molecule has 0 aliphatic carbocycles. The number of rotatable bonds is 3. The summed E-state index contributed by atoms with van der Waals surface area (Å²) in [6.07, 6.45) is 6.58. The van der Waals surface area contributed by atoms with Gasteiger partial charge >= 0.3 is 0 Å². The Labute approximate surface area is 119 Å². The molecule has 3 nitrogen and oxygen atoms in total. The van der Waals surface area contributed by atoms with Crippen molar-refractivity contribution in [1.82, 2.24) is 9.80 Å².